The van der Waals surface area contributed by atoms with E-state index >= 15 is 0 Å². The van der Waals surface area contributed by atoms with E-state index in [1.54, 1.807) is 6.07 Å². The Morgan fingerprint density at radius 1 is 1.17 bits per heavy atom. The minimum Gasteiger partial charge on any atom is -0.376 e. The number of ether oxygens (including phenoxy) is 2. The predicted molar refractivity (Wildman–Crippen MR) is 134 cm³/mol. The molecular formula is C26H34ClFN4O4. The molecule has 1 amide bonds. The molecule has 1 unspecified atom stereocenters. The topological polar surface area (TPSA) is 71.1 Å². The number of anilines is 1. The smallest absolute Gasteiger partial charge is 0.225 e. The third kappa shape index (κ3) is 4.95. The Morgan fingerprint density at radius 3 is 2.72 bits per heavy atom. The highest BCUT2D eigenvalue weighted by Gasteiger charge is 2.55. The summed E-state index contributed by atoms with van der Waals surface area (Å²) >= 11 is 5.98. The number of benzene rings is 1. The molecule has 4 fully saturated rings. The normalized spacial score (nSPS) is 29.3. The van der Waals surface area contributed by atoms with Crippen LogP contribution in [0.15, 0.2) is 16.7 Å². The van der Waals surface area contributed by atoms with Crippen molar-refractivity contribution >= 4 is 34.3 Å². The van der Waals surface area contributed by atoms with Gasteiger partial charge in [-0.2, -0.15) is 0 Å². The van der Waals surface area contributed by atoms with Gasteiger partial charge in [-0.1, -0.05) is 16.8 Å². The number of hydrogen-bond donors (Lipinski definition) is 0. The first kappa shape index (κ1) is 24.4. The third-order valence-electron chi connectivity index (χ3n) is 8.57. The molecule has 1 saturated carbocycles. The van der Waals surface area contributed by atoms with Crippen molar-refractivity contribution in [3.8, 4) is 0 Å². The van der Waals surface area contributed by atoms with Crippen LogP contribution in [0.4, 0.5) is 10.2 Å². The lowest BCUT2D eigenvalue weighted by Gasteiger charge is -2.36. The lowest BCUT2D eigenvalue weighted by Crippen LogP contribution is -2.47. The molecule has 1 aromatic heterocycles. The maximum absolute atomic E-state index is 13.7. The molecular weight excluding hydrogens is 487 g/mol. The molecule has 1 atom stereocenters. The highest BCUT2D eigenvalue weighted by atomic mass is 35.5. The van der Waals surface area contributed by atoms with Gasteiger partial charge in [-0.05, 0) is 50.6 Å². The van der Waals surface area contributed by atoms with Crippen molar-refractivity contribution in [2.24, 2.45) is 5.92 Å². The monoisotopic (exact) mass is 520 g/mol. The van der Waals surface area contributed by atoms with Gasteiger partial charge in [0.1, 0.15) is 5.82 Å². The number of piperazine rings is 1. The van der Waals surface area contributed by atoms with Gasteiger partial charge in [-0.15, -0.1) is 0 Å². The first-order valence-electron chi connectivity index (χ1n) is 13.2. The first-order chi connectivity index (χ1) is 17.5. The number of aromatic nitrogens is 1. The van der Waals surface area contributed by atoms with Crippen molar-refractivity contribution in [3.63, 3.8) is 0 Å². The van der Waals surface area contributed by atoms with E-state index in [4.69, 9.17) is 25.6 Å². The number of nitrogens with zero attached hydrogens (tertiary/aromatic N) is 4. The van der Waals surface area contributed by atoms with E-state index in [9.17, 15) is 9.18 Å². The van der Waals surface area contributed by atoms with Crippen LogP contribution < -0.4 is 4.90 Å². The molecule has 10 heteroatoms. The Kier molecular flexibility index (Phi) is 6.83. The quantitative estimate of drug-likeness (QED) is 0.538. The minimum absolute atomic E-state index is 0.0792. The summed E-state index contributed by atoms with van der Waals surface area (Å²) in [6, 6.07) is 2.91. The van der Waals surface area contributed by atoms with Crippen LogP contribution in [-0.2, 0) is 14.3 Å². The minimum atomic E-state index is -0.490. The summed E-state index contributed by atoms with van der Waals surface area (Å²) in [6.07, 6.45) is 6.24. The molecule has 0 N–H and O–H groups in total. The molecule has 0 bridgehead atoms. The van der Waals surface area contributed by atoms with E-state index in [1.807, 2.05) is 0 Å². The number of halogens is 2. The Hall–Kier alpha value is -1.94. The molecule has 1 aliphatic carbocycles. The van der Waals surface area contributed by atoms with Crippen molar-refractivity contribution in [1.29, 1.82) is 0 Å². The van der Waals surface area contributed by atoms with Crippen molar-refractivity contribution in [3.05, 3.63) is 23.0 Å². The van der Waals surface area contributed by atoms with Crippen LogP contribution >= 0.6 is 11.6 Å². The van der Waals surface area contributed by atoms with Crippen molar-refractivity contribution in [2.75, 3.05) is 64.0 Å². The molecule has 1 aromatic carbocycles. The van der Waals surface area contributed by atoms with Crippen molar-refractivity contribution in [2.45, 2.75) is 50.2 Å². The molecule has 2 aromatic rings. The Labute approximate surface area is 215 Å². The lowest BCUT2D eigenvalue weighted by molar-refractivity contribution is -0.137. The fourth-order valence-electron chi connectivity index (χ4n) is 6.20. The van der Waals surface area contributed by atoms with Crippen LogP contribution in [-0.4, -0.2) is 91.6 Å². The Bertz CT molecular complexity index is 1090. The molecule has 36 heavy (non-hydrogen) atoms. The fourth-order valence-corrected chi connectivity index (χ4v) is 6.36. The van der Waals surface area contributed by atoms with Gasteiger partial charge in [0.2, 0.25) is 5.91 Å². The van der Waals surface area contributed by atoms with E-state index in [0.29, 0.717) is 31.8 Å². The number of hydrogen-bond acceptors (Lipinski definition) is 7. The summed E-state index contributed by atoms with van der Waals surface area (Å²) in [7, 11) is 0. The van der Waals surface area contributed by atoms with E-state index in [0.717, 1.165) is 69.2 Å². The zero-order chi connectivity index (χ0) is 24.7. The second kappa shape index (κ2) is 10.1. The molecule has 1 spiro atoms. The van der Waals surface area contributed by atoms with Crippen molar-refractivity contribution in [1.82, 2.24) is 15.0 Å². The number of carbonyl (C=O) groups excluding carboxylic acids is 1. The molecule has 4 heterocycles. The highest BCUT2D eigenvalue weighted by molar-refractivity contribution is 6.31. The maximum Gasteiger partial charge on any atom is 0.225 e. The Balaban J connectivity index is 0.927. The summed E-state index contributed by atoms with van der Waals surface area (Å²) in [5.74, 6) is 1.22. The van der Waals surface area contributed by atoms with Gasteiger partial charge in [0, 0.05) is 38.8 Å². The zero-order valence-electron chi connectivity index (χ0n) is 20.6. The van der Waals surface area contributed by atoms with Crippen LogP contribution in [0.3, 0.4) is 0 Å². The maximum atomic E-state index is 13.7. The van der Waals surface area contributed by atoms with Gasteiger partial charge in [0.05, 0.1) is 48.3 Å². The van der Waals surface area contributed by atoms with Crippen LogP contribution in [0.5, 0.6) is 0 Å². The molecule has 3 saturated heterocycles. The highest BCUT2D eigenvalue weighted by Crippen LogP contribution is 2.47. The largest absolute Gasteiger partial charge is 0.376 e. The van der Waals surface area contributed by atoms with Crippen molar-refractivity contribution < 1.29 is 23.2 Å². The van der Waals surface area contributed by atoms with Gasteiger partial charge >= 0.3 is 0 Å². The SMILES string of the molecule is O=C(CC1COCCO1)N1CC12CCC(CCN1CCN(c3noc4cc(F)c(Cl)cc34)CC1)CC2. The zero-order valence-corrected chi connectivity index (χ0v) is 21.3. The number of fused-ring (bicyclic) bond motifs is 1. The molecule has 3 aliphatic heterocycles. The van der Waals surface area contributed by atoms with Crippen LogP contribution in [0.2, 0.25) is 5.02 Å². The number of carbonyl (C=O) groups is 1. The van der Waals surface area contributed by atoms with Gasteiger partial charge in [0.15, 0.2) is 11.4 Å². The van der Waals surface area contributed by atoms with E-state index in [1.165, 1.54) is 25.3 Å². The van der Waals surface area contributed by atoms with Crippen LogP contribution in [0.1, 0.15) is 38.5 Å². The predicted octanol–water partition coefficient (Wildman–Crippen LogP) is 3.71. The van der Waals surface area contributed by atoms with Gasteiger partial charge in [-0.3, -0.25) is 9.69 Å². The van der Waals surface area contributed by atoms with Crippen LogP contribution in [0.25, 0.3) is 11.0 Å². The molecule has 0 radical (unpaired) electrons. The molecule has 6 rings (SSSR count). The standard InChI is InChI=1S/C26H34ClFN4O4/c27-21-14-20-23(15-22(21)28)36-29-25(20)31-9-7-30(8-10-31)6-3-18-1-4-26(5-2-18)17-32(26)24(33)13-19-16-34-11-12-35-19/h14-15,18-19H,1-13,16-17H2. The summed E-state index contributed by atoms with van der Waals surface area (Å²) in [5.41, 5.74) is 0.553. The van der Waals surface area contributed by atoms with Gasteiger partial charge in [0.25, 0.3) is 0 Å². The van der Waals surface area contributed by atoms with E-state index in [2.05, 4.69) is 19.9 Å². The summed E-state index contributed by atoms with van der Waals surface area (Å²) in [5, 5.41) is 5.03. The second-order valence-corrected chi connectivity index (χ2v) is 11.2. The average molecular weight is 521 g/mol. The van der Waals surface area contributed by atoms with Gasteiger partial charge in [-0.25, -0.2) is 4.39 Å². The Morgan fingerprint density at radius 2 is 1.97 bits per heavy atom. The van der Waals surface area contributed by atoms with E-state index in [-0.39, 0.29) is 22.6 Å². The first-order valence-corrected chi connectivity index (χ1v) is 13.6. The average Bonchev–Trinajstić information content (AvgIpc) is 3.46. The number of amides is 1. The second-order valence-electron chi connectivity index (χ2n) is 10.8. The van der Waals surface area contributed by atoms with E-state index < -0.39 is 5.82 Å². The fraction of sp³-hybridized carbons (Fsp3) is 0.692. The summed E-state index contributed by atoms with van der Waals surface area (Å²) in [6.45, 7) is 7.43. The lowest BCUT2D eigenvalue weighted by atomic mass is 9.80. The van der Waals surface area contributed by atoms with Crippen LogP contribution in [0, 0.1) is 11.7 Å². The molecule has 4 aliphatic rings. The molecule has 8 nitrogen and oxygen atoms in total. The van der Waals surface area contributed by atoms with Gasteiger partial charge < -0.3 is 23.8 Å². The molecule has 196 valence electrons. The third-order valence-corrected chi connectivity index (χ3v) is 8.85. The summed E-state index contributed by atoms with van der Waals surface area (Å²) < 4.78 is 30.1. The number of rotatable bonds is 6. The summed E-state index contributed by atoms with van der Waals surface area (Å²) in [4.78, 5) is 19.5.